The first-order valence-electron chi connectivity index (χ1n) is 6.09. The first kappa shape index (κ1) is 15.5. The van der Waals surface area contributed by atoms with E-state index >= 15 is 0 Å². The van der Waals surface area contributed by atoms with Gasteiger partial charge in [0, 0.05) is 13.1 Å². The molecule has 0 radical (unpaired) electrons. The first-order chi connectivity index (χ1) is 7.43. The minimum atomic E-state index is 0. The van der Waals surface area contributed by atoms with Gasteiger partial charge in [0.2, 0.25) is 0 Å². The summed E-state index contributed by atoms with van der Waals surface area (Å²) in [6, 6.07) is 0. The number of hydrogen-bond acceptors (Lipinski definition) is 4. The van der Waals surface area contributed by atoms with Gasteiger partial charge in [0.15, 0.2) is 6.19 Å². The summed E-state index contributed by atoms with van der Waals surface area (Å²) in [6.07, 6.45) is 12.3. The molecular formula is C11H23ClN4. The number of halogens is 1. The molecule has 0 amide bonds. The fourth-order valence-corrected chi connectivity index (χ4v) is 1.83. The monoisotopic (exact) mass is 246 g/mol. The Bertz CT molecular complexity index is 179. The molecule has 0 saturated carbocycles. The van der Waals surface area contributed by atoms with Crippen LogP contribution < -0.4 is 11.0 Å². The van der Waals surface area contributed by atoms with Crippen molar-refractivity contribution in [1.82, 2.24) is 16.0 Å². The van der Waals surface area contributed by atoms with Crippen LogP contribution in [0.5, 0.6) is 0 Å². The van der Waals surface area contributed by atoms with Crippen molar-refractivity contribution in [1.29, 1.82) is 5.26 Å². The predicted molar refractivity (Wildman–Crippen MR) is 67.6 cm³/mol. The predicted octanol–water partition coefficient (Wildman–Crippen LogP) is 2.33. The lowest BCUT2D eigenvalue weighted by atomic mass is 10.1. The minimum absolute atomic E-state index is 0. The summed E-state index contributed by atoms with van der Waals surface area (Å²) in [6.45, 7) is 1.75. The molecule has 0 aliphatic carbocycles. The van der Waals surface area contributed by atoms with Gasteiger partial charge in [0.05, 0.1) is 0 Å². The van der Waals surface area contributed by atoms with Gasteiger partial charge in [-0.25, -0.2) is 10.4 Å². The van der Waals surface area contributed by atoms with Crippen molar-refractivity contribution in [3.05, 3.63) is 0 Å². The van der Waals surface area contributed by atoms with Crippen molar-refractivity contribution in [2.45, 2.75) is 51.4 Å². The molecule has 2 N–H and O–H groups in total. The van der Waals surface area contributed by atoms with Gasteiger partial charge in [0.1, 0.15) is 0 Å². The molecule has 5 heteroatoms. The lowest BCUT2D eigenvalue weighted by molar-refractivity contribution is 0.229. The van der Waals surface area contributed by atoms with Gasteiger partial charge in [-0.2, -0.15) is 10.8 Å². The third-order valence-corrected chi connectivity index (χ3v) is 2.77. The highest BCUT2D eigenvalue weighted by molar-refractivity contribution is 5.85. The summed E-state index contributed by atoms with van der Waals surface area (Å²) in [5.41, 5.74) is 6.01. The Morgan fingerprint density at radius 1 is 0.875 bits per heavy atom. The zero-order valence-corrected chi connectivity index (χ0v) is 10.7. The molecule has 1 rings (SSSR count). The molecule has 0 atom stereocenters. The second-order valence-corrected chi connectivity index (χ2v) is 4.12. The molecule has 1 saturated heterocycles. The standard InChI is InChI=1S/C11H22N4.ClH/c12-11-15-10-8-6-4-2-1-3-5-7-9-13-14-15;/h13-14H,1-10H2;1H. The van der Waals surface area contributed by atoms with E-state index in [1.165, 1.54) is 44.9 Å². The second kappa shape index (κ2) is 11.0. The number of nitrogens with zero attached hydrogens (tertiary/aromatic N) is 2. The topological polar surface area (TPSA) is 51.1 Å². The van der Waals surface area contributed by atoms with Gasteiger partial charge in [-0.05, 0) is 12.8 Å². The van der Waals surface area contributed by atoms with Gasteiger partial charge in [0.25, 0.3) is 0 Å². The van der Waals surface area contributed by atoms with Crippen molar-refractivity contribution < 1.29 is 0 Å². The molecule has 0 bridgehead atoms. The molecule has 1 heterocycles. The molecule has 0 unspecified atom stereocenters. The SMILES string of the molecule is Cl.N#CN1CCCCCCCCCCNN1. The molecule has 0 aromatic heterocycles. The van der Waals surface area contributed by atoms with E-state index in [9.17, 15) is 0 Å². The normalized spacial score (nSPS) is 20.6. The lowest BCUT2D eigenvalue weighted by Crippen LogP contribution is -2.45. The van der Waals surface area contributed by atoms with Crippen LogP contribution in [0.15, 0.2) is 0 Å². The van der Waals surface area contributed by atoms with Gasteiger partial charge in [-0.1, -0.05) is 38.5 Å². The van der Waals surface area contributed by atoms with Crippen LogP contribution in [0.1, 0.15) is 51.4 Å². The van der Waals surface area contributed by atoms with Crippen molar-refractivity contribution in [2.75, 3.05) is 13.1 Å². The maximum absolute atomic E-state index is 8.82. The van der Waals surface area contributed by atoms with Crippen LogP contribution in [0.4, 0.5) is 0 Å². The van der Waals surface area contributed by atoms with E-state index in [4.69, 9.17) is 5.26 Å². The second-order valence-electron chi connectivity index (χ2n) is 4.12. The molecular weight excluding hydrogens is 224 g/mol. The fraction of sp³-hybridized carbons (Fsp3) is 0.909. The van der Waals surface area contributed by atoms with E-state index < -0.39 is 0 Å². The Labute approximate surface area is 105 Å². The highest BCUT2D eigenvalue weighted by Gasteiger charge is 2.01. The zero-order valence-electron chi connectivity index (χ0n) is 9.87. The van der Waals surface area contributed by atoms with Crippen molar-refractivity contribution in [3.63, 3.8) is 0 Å². The van der Waals surface area contributed by atoms with Crippen molar-refractivity contribution >= 4 is 12.4 Å². The van der Waals surface area contributed by atoms with Crippen molar-refractivity contribution in [3.8, 4) is 6.19 Å². The quantitative estimate of drug-likeness (QED) is 0.645. The average molecular weight is 247 g/mol. The molecule has 16 heavy (non-hydrogen) atoms. The van der Waals surface area contributed by atoms with Crippen LogP contribution in [0.3, 0.4) is 0 Å². The van der Waals surface area contributed by atoms with E-state index in [1.807, 2.05) is 0 Å². The van der Waals surface area contributed by atoms with Gasteiger partial charge in [-0.3, -0.25) is 0 Å². The Balaban J connectivity index is 0.00000225. The number of rotatable bonds is 0. The molecule has 4 nitrogen and oxygen atoms in total. The maximum Gasteiger partial charge on any atom is 0.196 e. The average Bonchev–Trinajstić information content (AvgIpc) is 2.29. The van der Waals surface area contributed by atoms with Crippen LogP contribution in [0, 0.1) is 11.5 Å². The van der Waals surface area contributed by atoms with Crippen LogP contribution in [0.25, 0.3) is 0 Å². The summed E-state index contributed by atoms with van der Waals surface area (Å²) in [5.74, 6) is 0. The Morgan fingerprint density at radius 3 is 2.06 bits per heavy atom. The summed E-state index contributed by atoms with van der Waals surface area (Å²) < 4.78 is 0. The summed E-state index contributed by atoms with van der Waals surface area (Å²) in [4.78, 5) is 0. The van der Waals surface area contributed by atoms with Gasteiger partial charge < -0.3 is 0 Å². The zero-order chi connectivity index (χ0) is 10.8. The van der Waals surface area contributed by atoms with E-state index in [1.54, 1.807) is 5.01 Å². The largest absolute Gasteiger partial charge is 0.239 e. The number of nitriles is 1. The number of hydrogen-bond donors (Lipinski definition) is 2. The van der Waals surface area contributed by atoms with Crippen LogP contribution in [-0.2, 0) is 0 Å². The van der Waals surface area contributed by atoms with Crippen LogP contribution in [0.2, 0.25) is 0 Å². The first-order valence-corrected chi connectivity index (χ1v) is 6.09. The summed E-state index contributed by atoms with van der Waals surface area (Å²) in [5, 5.41) is 10.4. The highest BCUT2D eigenvalue weighted by atomic mass is 35.5. The number of hydrazine groups is 2. The van der Waals surface area contributed by atoms with E-state index in [0.717, 1.165) is 19.5 Å². The van der Waals surface area contributed by atoms with Gasteiger partial charge in [-0.15, -0.1) is 12.4 Å². The summed E-state index contributed by atoms with van der Waals surface area (Å²) in [7, 11) is 0. The third-order valence-electron chi connectivity index (χ3n) is 2.77. The van der Waals surface area contributed by atoms with Crippen LogP contribution in [-0.4, -0.2) is 18.1 Å². The molecule has 1 aliphatic heterocycles. The smallest absolute Gasteiger partial charge is 0.196 e. The highest BCUT2D eigenvalue weighted by Crippen LogP contribution is 2.08. The lowest BCUT2D eigenvalue weighted by Gasteiger charge is -2.16. The Kier molecular flexibility index (Phi) is 10.7. The number of nitrogens with one attached hydrogen (secondary N) is 2. The molecule has 1 fully saturated rings. The molecule has 0 aromatic carbocycles. The molecule has 94 valence electrons. The molecule has 0 aromatic rings. The Morgan fingerprint density at radius 2 is 1.44 bits per heavy atom. The minimum Gasteiger partial charge on any atom is -0.239 e. The van der Waals surface area contributed by atoms with Crippen molar-refractivity contribution in [2.24, 2.45) is 0 Å². The van der Waals surface area contributed by atoms with Gasteiger partial charge >= 0.3 is 0 Å². The Hall–Kier alpha value is -0.500. The van der Waals surface area contributed by atoms with E-state index in [2.05, 4.69) is 17.2 Å². The molecule has 0 spiro atoms. The van der Waals surface area contributed by atoms with E-state index in [0.29, 0.717) is 0 Å². The maximum atomic E-state index is 8.82. The van der Waals surface area contributed by atoms with E-state index in [-0.39, 0.29) is 12.4 Å². The summed E-state index contributed by atoms with van der Waals surface area (Å²) >= 11 is 0. The fourth-order valence-electron chi connectivity index (χ4n) is 1.83. The van der Waals surface area contributed by atoms with Crippen LogP contribution >= 0.6 is 12.4 Å². The molecule has 1 aliphatic rings. The third kappa shape index (κ3) is 7.75.